The number of nitrogens with one attached hydrogen (secondary N) is 3. The number of rotatable bonds is 11. The Morgan fingerprint density at radius 2 is 1.97 bits per heavy atom. The normalized spacial score (nSPS) is 11.4. The highest BCUT2D eigenvalue weighted by molar-refractivity contribution is 7.12. The lowest BCUT2D eigenvalue weighted by Gasteiger charge is -2.16. The molecule has 0 saturated carbocycles. The van der Waals surface area contributed by atoms with Gasteiger partial charge in [0.05, 0.1) is 16.1 Å². The Kier molecular flexibility index (Phi) is 8.52. The van der Waals surface area contributed by atoms with Gasteiger partial charge in [0, 0.05) is 19.3 Å². The number of nitrogens with zero attached hydrogens (tertiary/aromatic N) is 2. The summed E-state index contributed by atoms with van der Waals surface area (Å²) in [6, 6.07) is 9.09. The number of anilines is 1. The highest BCUT2D eigenvalue weighted by atomic mass is 32.1. The molecule has 1 unspecified atom stereocenters. The van der Waals surface area contributed by atoms with E-state index in [4.69, 9.17) is 0 Å². The third kappa shape index (κ3) is 7.01. The highest BCUT2D eigenvalue weighted by Crippen LogP contribution is 2.13. The van der Waals surface area contributed by atoms with Gasteiger partial charge in [0.2, 0.25) is 5.95 Å². The van der Waals surface area contributed by atoms with Gasteiger partial charge in [-0.15, -0.1) is 11.3 Å². The van der Waals surface area contributed by atoms with Gasteiger partial charge in [-0.05, 0) is 48.9 Å². The Hall–Kier alpha value is -3.99. The molecule has 0 aliphatic rings. The Morgan fingerprint density at radius 3 is 2.65 bits per heavy atom. The minimum atomic E-state index is -1.31. The van der Waals surface area contributed by atoms with Crippen molar-refractivity contribution in [1.82, 2.24) is 20.6 Å². The van der Waals surface area contributed by atoms with E-state index in [2.05, 4.69) is 25.9 Å². The van der Waals surface area contributed by atoms with Gasteiger partial charge >= 0.3 is 5.97 Å². The molecule has 0 aliphatic carbocycles. The van der Waals surface area contributed by atoms with Crippen molar-refractivity contribution < 1.29 is 24.6 Å². The second kappa shape index (κ2) is 11.8. The van der Waals surface area contributed by atoms with E-state index in [0.717, 1.165) is 18.4 Å². The average molecular weight is 484 g/mol. The highest BCUT2D eigenvalue weighted by Gasteiger charge is 2.23. The number of carboxylic acid groups (broad SMARTS) is 1. The fourth-order valence-electron chi connectivity index (χ4n) is 3.11. The number of benzene rings is 1. The van der Waals surface area contributed by atoms with Crippen LogP contribution in [0.3, 0.4) is 0 Å². The second-order valence-electron chi connectivity index (χ2n) is 7.44. The lowest BCUT2D eigenvalue weighted by molar-refractivity contribution is -0.139. The molecule has 3 rings (SSSR count). The van der Waals surface area contributed by atoms with Gasteiger partial charge in [0.15, 0.2) is 0 Å². The molecule has 1 aromatic carbocycles. The number of thiophene rings is 1. The van der Waals surface area contributed by atoms with E-state index < -0.39 is 23.8 Å². The molecule has 0 radical (unpaired) electrons. The molecule has 0 spiro atoms. The van der Waals surface area contributed by atoms with Gasteiger partial charge in [-0.25, -0.2) is 14.8 Å². The predicted molar refractivity (Wildman–Crippen MR) is 127 cm³/mol. The molecule has 10 nitrogen and oxygen atoms in total. The molecule has 2 heterocycles. The monoisotopic (exact) mass is 483 g/mol. The van der Waals surface area contributed by atoms with Gasteiger partial charge in [-0.3, -0.25) is 9.59 Å². The molecule has 178 valence electrons. The van der Waals surface area contributed by atoms with Crippen LogP contribution in [-0.4, -0.2) is 57.1 Å². The number of aromatic hydroxyl groups is 1. The summed E-state index contributed by atoms with van der Waals surface area (Å²) in [6.07, 6.45) is 2.88. The van der Waals surface area contributed by atoms with Crippen LogP contribution in [0.1, 0.15) is 37.7 Å². The lowest BCUT2D eigenvalue weighted by atomic mass is 10.1. The smallest absolute Gasteiger partial charge is 0.328 e. The maximum absolute atomic E-state index is 12.6. The summed E-state index contributed by atoms with van der Waals surface area (Å²) in [5.41, 5.74) is 1.54. The van der Waals surface area contributed by atoms with Crippen LogP contribution in [-0.2, 0) is 11.2 Å². The topological polar surface area (TPSA) is 154 Å². The van der Waals surface area contributed by atoms with Gasteiger partial charge < -0.3 is 26.2 Å². The summed E-state index contributed by atoms with van der Waals surface area (Å²) in [5, 5.41) is 28.7. The standard InChI is InChI=1S/C23H25N5O5S/c1-14-17(12-26-23(27-14)24-9-3-6-15-5-2-7-16(29)11-15)20(30)28-18(22(32)33)13-25-21(31)19-8-4-10-34-19/h2,4-5,7-8,10-12,18,29H,3,6,9,13H2,1H3,(H,25,31)(H,28,30)(H,32,33)(H,24,26,27). The molecule has 11 heteroatoms. The first-order chi connectivity index (χ1) is 16.3. The first-order valence-electron chi connectivity index (χ1n) is 10.5. The Morgan fingerprint density at radius 1 is 1.15 bits per heavy atom. The Labute approximate surface area is 200 Å². The number of amides is 2. The first kappa shape index (κ1) is 24.6. The summed E-state index contributed by atoms with van der Waals surface area (Å²) in [6.45, 7) is 1.95. The first-order valence-corrected chi connectivity index (χ1v) is 11.4. The quantitative estimate of drug-likeness (QED) is 0.260. The zero-order valence-corrected chi connectivity index (χ0v) is 19.3. The van der Waals surface area contributed by atoms with Gasteiger partial charge in [-0.2, -0.15) is 0 Å². The van der Waals surface area contributed by atoms with E-state index in [9.17, 15) is 24.6 Å². The van der Waals surface area contributed by atoms with Crippen molar-refractivity contribution in [2.75, 3.05) is 18.4 Å². The average Bonchev–Trinajstić information content (AvgIpc) is 3.34. The van der Waals surface area contributed by atoms with Crippen molar-refractivity contribution in [2.45, 2.75) is 25.8 Å². The van der Waals surface area contributed by atoms with E-state index in [0.29, 0.717) is 23.1 Å². The van der Waals surface area contributed by atoms with Crippen molar-refractivity contribution >= 4 is 35.1 Å². The van der Waals surface area contributed by atoms with Crippen LogP contribution in [0.2, 0.25) is 0 Å². The van der Waals surface area contributed by atoms with Gasteiger partial charge in [0.25, 0.3) is 11.8 Å². The van der Waals surface area contributed by atoms with Gasteiger partial charge in [0.1, 0.15) is 11.8 Å². The van der Waals surface area contributed by atoms with Crippen molar-refractivity contribution in [2.24, 2.45) is 0 Å². The maximum Gasteiger partial charge on any atom is 0.328 e. The van der Waals surface area contributed by atoms with Crippen LogP contribution < -0.4 is 16.0 Å². The number of aliphatic carboxylic acids is 1. The molecule has 0 saturated heterocycles. The van der Waals surface area contributed by atoms with Crippen molar-refractivity contribution in [3.63, 3.8) is 0 Å². The summed E-state index contributed by atoms with van der Waals surface area (Å²) in [7, 11) is 0. The van der Waals surface area contributed by atoms with E-state index in [1.54, 1.807) is 42.6 Å². The number of hydrogen-bond acceptors (Lipinski definition) is 8. The Bertz CT molecular complexity index is 1150. The zero-order valence-electron chi connectivity index (χ0n) is 18.4. The number of carbonyl (C=O) groups excluding carboxylic acids is 2. The van der Waals surface area contributed by atoms with Crippen molar-refractivity contribution in [3.8, 4) is 5.75 Å². The summed E-state index contributed by atoms with van der Waals surface area (Å²) in [5.74, 6) is -1.75. The van der Waals surface area contributed by atoms with E-state index in [1.165, 1.54) is 17.5 Å². The number of hydrogen-bond donors (Lipinski definition) is 5. The van der Waals surface area contributed by atoms with E-state index in [1.807, 2.05) is 6.07 Å². The van der Waals surface area contributed by atoms with Crippen LogP contribution in [0.5, 0.6) is 5.75 Å². The molecule has 0 bridgehead atoms. The molecule has 5 N–H and O–H groups in total. The van der Waals surface area contributed by atoms with E-state index >= 15 is 0 Å². The van der Waals surface area contributed by atoms with Crippen molar-refractivity contribution in [1.29, 1.82) is 0 Å². The number of aromatic nitrogens is 2. The molecule has 0 fully saturated rings. The number of carboxylic acids is 1. The maximum atomic E-state index is 12.6. The summed E-state index contributed by atoms with van der Waals surface area (Å²) >= 11 is 1.23. The SMILES string of the molecule is Cc1nc(NCCCc2cccc(O)c2)ncc1C(=O)NC(CNC(=O)c1cccs1)C(=O)O. The lowest BCUT2D eigenvalue weighted by Crippen LogP contribution is -2.48. The fourth-order valence-corrected chi connectivity index (χ4v) is 3.75. The van der Waals surface area contributed by atoms with E-state index in [-0.39, 0.29) is 17.9 Å². The molecular formula is C23H25N5O5S. The molecule has 3 aromatic rings. The van der Waals surface area contributed by atoms with Crippen LogP contribution in [0.25, 0.3) is 0 Å². The van der Waals surface area contributed by atoms with Crippen LogP contribution in [0, 0.1) is 6.92 Å². The van der Waals surface area contributed by atoms with Crippen LogP contribution in [0.4, 0.5) is 5.95 Å². The minimum absolute atomic E-state index is 0.140. The molecule has 0 aliphatic heterocycles. The van der Waals surface area contributed by atoms with Crippen LogP contribution >= 0.6 is 11.3 Å². The Balaban J connectivity index is 1.51. The zero-order chi connectivity index (χ0) is 24.5. The molecular weight excluding hydrogens is 458 g/mol. The largest absolute Gasteiger partial charge is 0.508 e. The summed E-state index contributed by atoms with van der Waals surface area (Å²) < 4.78 is 0. The molecule has 2 amide bonds. The summed E-state index contributed by atoms with van der Waals surface area (Å²) in [4.78, 5) is 45.1. The number of phenols is 1. The fraction of sp³-hybridized carbons (Fsp3) is 0.261. The number of phenolic OH excluding ortho intramolecular Hbond substituents is 1. The third-order valence-corrected chi connectivity index (χ3v) is 5.74. The predicted octanol–water partition coefficient (Wildman–Crippen LogP) is 2.21. The van der Waals surface area contributed by atoms with Crippen LogP contribution in [0.15, 0.2) is 48.0 Å². The second-order valence-corrected chi connectivity index (χ2v) is 8.39. The number of carbonyl (C=O) groups is 3. The minimum Gasteiger partial charge on any atom is -0.508 e. The van der Waals surface area contributed by atoms with Gasteiger partial charge in [-0.1, -0.05) is 18.2 Å². The van der Waals surface area contributed by atoms with Crippen molar-refractivity contribution in [3.05, 3.63) is 69.7 Å². The molecule has 2 aromatic heterocycles. The molecule has 34 heavy (non-hydrogen) atoms. The molecule has 1 atom stereocenters. The number of aryl methyl sites for hydroxylation is 2. The third-order valence-electron chi connectivity index (χ3n) is 4.87.